The van der Waals surface area contributed by atoms with Crippen LogP contribution < -0.4 is 20.1 Å². The average molecular weight is 423 g/mol. The number of aryl methyl sites for hydroxylation is 1. The second-order valence-electron chi connectivity index (χ2n) is 7.15. The molecule has 5 nitrogen and oxygen atoms in total. The van der Waals surface area contributed by atoms with Crippen molar-refractivity contribution >= 4 is 11.6 Å². The Morgan fingerprint density at radius 2 is 1.55 bits per heavy atom. The van der Waals surface area contributed by atoms with E-state index in [0.717, 1.165) is 22.4 Å². The van der Waals surface area contributed by atoms with E-state index in [4.69, 9.17) is 9.47 Å². The Balaban J connectivity index is 1.54. The minimum atomic E-state index is -0.242. The van der Waals surface area contributed by atoms with E-state index in [1.807, 2.05) is 50.2 Å². The number of halogens is 1. The SMILES string of the molecule is CCOc1cc(CNCc2ccc(F)cc2)ccc1OCC(=O)Nc1ccc(C)cc1. The van der Waals surface area contributed by atoms with E-state index in [1.165, 1.54) is 12.1 Å². The van der Waals surface area contributed by atoms with Crippen molar-refractivity contribution in [2.45, 2.75) is 26.9 Å². The van der Waals surface area contributed by atoms with Gasteiger partial charge < -0.3 is 20.1 Å². The van der Waals surface area contributed by atoms with Crippen molar-refractivity contribution in [2.24, 2.45) is 0 Å². The van der Waals surface area contributed by atoms with Crippen molar-refractivity contribution in [1.29, 1.82) is 0 Å². The van der Waals surface area contributed by atoms with Gasteiger partial charge in [-0.2, -0.15) is 0 Å². The van der Waals surface area contributed by atoms with Crippen LogP contribution in [0.25, 0.3) is 0 Å². The van der Waals surface area contributed by atoms with E-state index in [9.17, 15) is 9.18 Å². The summed E-state index contributed by atoms with van der Waals surface area (Å²) in [5.74, 6) is 0.625. The molecule has 31 heavy (non-hydrogen) atoms. The van der Waals surface area contributed by atoms with Crippen molar-refractivity contribution < 1.29 is 18.7 Å². The van der Waals surface area contributed by atoms with Crippen LogP contribution in [0.2, 0.25) is 0 Å². The maximum absolute atomic E-state index is 13.0. The Bertz CT molecular complexity index is 989. The molecule has 0 bridgehead atoms. The topological polar surface area (TPSA) is 59.6 Å². The first-order valence-electron chi connectivity index (χ1n) is 10.2. The third-order valence-electron chi connectivity index (χ3n) is 4.57. The number of carbonyl (C=O) groups is 1. The first-order valence-corrected chi connectivity index (χ1v) is 10.2. The Labute approximate surface area is 182 Å². The molecule has 0 aliphatic rings. The van der Waals surface area contributed by atoms with Crippen LogP contribution in [0.3, 0.4) is 0 Å². The maximum Gasteiger partial charge on any atom is 0.262 e. The number of hydrogen-bond acceptors (Lipinski definition) is 4. The zero-order valence-corrected chi connectivity index (χ0v) is 17.8. The quantitative estimate of drug-likeness (QED) is 0.491. The largest absolute Gasteiger partial charge is 0.490 e. The molecule has 0 unspecified atom stereocenters. The maximum atomic E-state index is 13.0. The number of rotatable bonds is 10. The molecule has 0 aliphatic heterocycles. The third-order valence-corrected chi connectivity index (χ3v) is 4.57. The lowest BCUT2D eigenvalue weighted by Crippen LogP contribution is -2.20. The van der Waals surface area contributed by atoms with Crippen LogP contribution >= 0.6 is 0 Å². The Morgan fingerprint density at radius 3 is 2.26 bits per heavy atom. The number of nitrogens with one attached hydrogen (secondary N) is 2. The van der Waals surface area contributed by atoms with Crippen molar-refractivity contribution in [1.82, 2.24) is 5.32 Å². The lowest BCUT2D eigenvalue weighted by Gasteiger charge is -2.14. The summed E-state index contributed by atoms with van der Waals surface area (Å²) in [6.07, 6.45) is 0. The summed E-state index contributed by atoms with van der Waals surface area (Å²) in [5.41, 5.74) is 3.88. The minimum Gasteiger partial charge on any atom is -0.490 e. The van der Waals surface area contributed by atoms with Crippen LogP contribution in [-0.2, 0) is 17.9 Å². The van der Waals surface area contributed by atoms with Crippen molar-refractivity contribution in [3.8, 4) is 11.5 Å². The Kier molecular flexibility index (Phi) is 8.01. The standard InChI is InChI=1S/C25H27FN2O3/c1-3-30-24-14-20(16-27-15-19-6-9-21(26)10-7-19)8-13-23(24)31-17-25(29)28-22-11-4-18(2)5-12-22/h4-14,27H,3,15-17H2,1-2H3,(H,28,29). The molecule has 3 aromatic rings. The van der Waals surface area contributed by atoms with Gasteiger partial charge in [0.05, 0.1) is 6.61 Å². The Hall–Kier alpha value is -3.38. The van der Waals surface area contributed by atoms with Crippen LogP contribution in [0, 0.1) is 12.7 Å². The molecular weight excluding hydrogens is 395 g/mol. The molecule has 0 spiro atoms. The van der Waals surface area contributed by atoms with Crippen molar-refractivity contribution in [3.05, 3.63) is 89.2 Å². The molecule has 0 saturated heterocycles. The summed E-state index contributed by atoms with van der Waals surface area (Å²) >= 11 is 0. The number of anilines is 1. The monoisotopic (exact) mass is 422 g/mol. The zero-order valence-electron chi connectivity index (χ0n) is 17.8. The normalized spacial score (nSPS) is 10.5. The molecule has 3 rings (SSSR count). The van der Waals surface area contributed by atoms with Gasteiger partial charge >= 0.3 is 0 Å². The fourth-order valence-electron chi connectivity index (χ4n) is 2.98. The van der Waals surface area contributed by atoms with Gasteiger partial charge in [0.25, 0.3) is 5.91 Å². The number of benzene rings is 3. The van der Waals surface area contributed by atoms with Gasteiger partial charge in [0.2, 0.25) is 0 Å². The molecular formula is C25H27FN2O3. The van der Waals surface area contributed by atoms with E-state index in [0.29, 0.717) is 31.2 Å². The number of ether oxygens (including phenoxy) is 2. The first-order chi connectivity index (χ1) is 15.0. The summed E-state index contributed by atoms with van der Waals surface area (Å²) in [6, 6.07) is 19.6. The molecule has 0 saturated carbocycles. The zero-order chi connectivity index (χ0) is 22.1. The van der Waals surface area contributed by atoms with Gasteiger partial charge in [0.1, 0.15) is 5.82 Å². The first kappa shape index (κ1) is 22.3. The van der Waals surface area contributed by atoms with Gasteiger partial charge in [0, 0.05) is 18.8 Å². The molecule has 0 aliphatic carbocycles. The highest BCUT2D eigenvalue weighted by molar-refractivity contribution is 5.91. The predicted molar refractivity (Wildman–Crippen MR) is 120 cm³/mol. The smallest absolute Gasteiger partial charge is 0.262 e. The molecule has 0 atom stereocenters. The highest BCUT2D eigenvalue weighted by atomic mass is 19.1. The molecule has 6 heteroatoms. The van der Waals surface area contributed by atoms with Crippen LogP contribution in [0.1, 0.15) is 23.6 Å². The van der Waals surface area contributed by atoms with E-state index in [2.05, 4.69) is 10.6 Å². The van der Waals surface area contributed by atoms with Crippen LogP contribution in [-0.4, -0.2) is 19.1 Å². The number of hydrogen-bond donors (Lipinski definition) is 2. The fraction of sp³-hybridized carbons (Fsp3) is 0.240. The van der Waals surface area contributed by atoms with Gasteiger partial charge in [-0.3, -0.25) is 4.79 Å². The van der Waals surface area contributed by atoms with Gasteiger partial charge in [0.15, 0.2) is 18.1 Å². The highest BCUT2D eigenvalue weighted by Gasteiger charge is 2.10. The summed E-state index contributed by atoms with van der Waals surface area (Å²) < 4.78 is 24.4. The third kappa shape index (κ3) is 7.12. The van der Waals surface area contributed by atoms with Crippen LogP contribution in [0.4, 0.5) is 10.1 Å². The summed E-state index contributed by atoms with van der Waals surface area (Å²) in [7, 11) is 0. The van der Waals surface area contributed by atoms with E-state index >= 15 is 0 Å². The molecule has 0 radical (unpaired) electrons. The van der Waals surface area contributed by atoms with Gasteiger partial charge in [-0.25, -0.2) is 4.39 Å². The number of amides is 1. The lowest BCUT2D eigenvalue weighted by molar-refractivity contribution is -0.118. The second kappa shape index (κ2) is 11.1. The van der Waals surface area contributed by atoms with Gasteiger partial charge in [-0.1, -0.05) is 35.9 Å². The molecule has 2 N–H and O–H groups in total. The molecule has 1 amide bonds. The van der Waals surface area contributed by atoms with Crippen LogP contribution in [0.15, 0.2) is 66.7 Å². The molecule has 0 aromatic heterocycles. The lowest BCUT2D eigenvalue weighted by atomic mass is 10.2. The van der Waals surface area contributed by atoms with Crippen LogP contribution in [0.5, 0.6) is 11.5 Å². The van der Waals surface area contributed by atoms with Gasteiger partial charge in [-0.05, 0) is 61.4 Å². The Morgan fingerprint density at radius 1 is 0.871 bits per heavy atom. The summed E-state index contributed by atoms with van der Waals surface area (Å²) in [5, 5.41) is 6.14. The summed E-state index contributed by atoms with van der Waals surface area (Å²) in [4.78, 5) is 12.2. The highest BCUT2D eigenvalue weighted by Crippen LogP contribution is 2.28. The van der Waals surface area contributed by atoms with Crippen molar-refractivity contribution in [2.75, 3.05) is 18.5 Å². The fourth-order valence-corrected chi connectivity index (χ4v) is 2.98. The molecule has 0 fully saturated rings. The molecule has 3 aromatic carbocycles. The summed E-state index contributed by atoms with van der Waals surface area (Å²) in [6.45, 7) is 5.50. The number of carbonyl (C=O) groups excluding carboxylic acids is 1. The van der Waals surface area contributed by atoms with Gasteiger partial charge in [-0.15, -0.1) is 0 Å². The van der Waals surface area contributed by atoms with E-state index < -0.39 is 0 Å². The van der Waals surface area contributed by atoms with E-state index in [-0.39, 0.29) is 18.3 Å². The average Bonchev–Trinajstić information content (AvgIpc) is 2.76. The molecule has 162 valence electrons. The molecule has 0 heterocycles. The van der Waals surface area contributed by atoms with E-state index in [1.54, 1.807) is 18.2 Å². The minimum absolute atomic E-state index is 0.115. The predicted octanol–water partition coefficient (Wildman–Crippen LogP) is 4.84. The van der Waals surface area contributed by atoms with Crippen molar-refractivity contribution in [3.63, 3.8) is 0 Å². The second-order valence-corrected chi connectivity index (χ2v) is 7.15.